The summed E-state index contributed by atoms with van der Waals surface area (Å²) in [7, 11) is 1.62. The van der Waals surface area contributed by atoms with Crippen molar-refractivity contribution in [2.45, 2.75) is 13.0 Å². The van der Waals surface area contributed by atoms with Crippen LogP contribution in [-0.4, -0.2) is 13.0 Å². The van der Waals surface area contributed by atoms with Crippen LogP contribution in [0.25, 0.3) is 0 Å². The summed E-state index contributed by atoms with van der Waals surface area (Å²) in [4.78, 5) is 12.3. The number of halogens is 1. The third-order valence-corrected chi connectivity index (χ3v) is 3.95. The minimum atomic E-state index is -0.197. The highest BCUT2D eigenvalue weighted by atomic mass is 79.9. The average Bonchev–Trinajstić information content (AvgIpc) is 2.50. The van der Waals surface area contributed by atoms with E-state index in [9.17, 15) is 4.79 Å². The first kappa shape index (κ1) is 15.4. The summed E-state index contributed by atoms with van der Waals surface area (Å²) in [6.07, 6.45) is 0. The number of hydrogen-bond acceptors (Lipinski definition) is 3. The Morgan fingerprint density at radius 2 is 1.90 bits per heavy atom. The van der Waals surface area contributed by atoms with Crippen molar-refractivity contribution >= 4 is 27.5 Å². The van der Waals surface area contributed by atoms with Gasteiger partial charge in [-0.1, -0.05) is 18.2 Å². The van der Waals surface area contributed by atoms with Crippen molar-refractivity contribution in [3.63, 3.8) is 0 Å². The molecular weight excluding hydrogens is 332 g/mol. The number of nitrogen functional groups attached to an aromatic ring is 1. The Labute approximate surface area is 132 Å². The summed E-state index contributed by atoms with van der Waals surface area (Å²) in [6.45, 7) is 1.92. The summed E-state index contributed by atoms with van der Waals surface area (Å²) in [5, 5.41) is 2.94. The fourth-order valence-corrected chi connectivity index (χ4v) is 2.35. The number of rotatable bonds is 4. The zero-order chi connectivity index (χ0) is 15.4. The van der Waals surface area contributed by atoms with E-state index in [1.165, 1.54) is 0 Å². The van der Waals surface area contributed by atoms with Gasteiger partial charge in [-0.2, -0.15) is 0 Å². The number of ether oxygens (including phenoxy) is 1. The van der Waals surface area contributed by atoms with Crippen molar-refractivity contribution in [3.05, 3.63) is 58.1 Å². The molecule has 0 saturated carbocycles. The Kier molecular flexibility index (Phi) is 4.85. The maximum atomic E-state index is 12.3. The second-order valence-corrected chi connectivity index (χ2v) is 5.52. The molecule has 0 bridgehead atoms. The van der Waals surface area contributed by atoms with Gasteiger partial charge >= 0.3 is 0 Å². The predicted molar refractivity (Wildman–Crippen MR) is 87.4 cm³/mol. The molecule has 0 heterocycles. The molecule has 0 aromatic heterocycles. The van der Waals surface area contributed by atoms with Gasteiger partial charge in [-0.3, -0.25) is 4.79 Å². The van der Waals surface area contributed by atoms with Gasteiger partial charge in [0.1, 0.15) is 5.75 Å². The van der Waals surface area contributed by atoms with E-state index in [4.69, 9.17) is 10.5 Å². The van der Waals surface area contributed by atoms with Crippen LogP contribution in [0.15, 0.2) is 46.9 Å². The number of methoxy groups -OCH3 is 1. The molecule has 1 atom stereocenters. The monoisotopic (exact) mass is 348 g/mol. The highest BCUT2D eigenvalue weighted by molar-refractivity contribution is 9.10. The molecule has 2 rings (SSSR count). The second kappa shape index (κ2) is 6.63. The molecular formula is C16H17BrN2O2. The summed E-state index contributed by atoms with van der Waals surface area (Å²) in [5.41, 5.74) is 7.81. The van der Waals surface area contributed by atoms with Crippen molar-refractivity contribution in [2.24, 2.45) is 0 Å². The predicted octanol–water partition coefficient (Wildman–Crippen LogP) is 3.53. The number of para-hydroxylation sites is 1. The molecule has 0 aliphatic heterocycles. The normalized spacial score (nSPS) is 11.8. The van der Waals surface area contributed by atoms with Gasteiger partial charge in [-0.15, -0.1) is 0 Å². The summed E-state index contributed by atoms with van der Waals surface area (Å²) >= 11 is 3.32. The molecule has 110 valence electrons. The molecule has 1 amide bonds. The minimum absolute atomic E-state index is 0.123. The number of hydrogen-bond donors (Lipinski definition) is 2. The number of carbonyl (C=O) groups excluding carboxylic acids is 1. The molecule has 21 heavy (non-hydrogen) atoms. The fraction of sp³-hybridized carbons (Fsp3) is 0.188. The Balaban J connectivity index is 2.12. The zero-order valence-corrected chi connectivity index (χ0v) is 13.5. The van der Waals surface area contributed by atoms with Crippen LogP contribution in [0, 0.1) is 0 Å². The molecule has 0 radical (unpaired) electrons. The van der Waals surface area contributed by atoms with Crippen molar-refractivity contribution < 1.29 is 9.53 Å². The third kappa shape index (κ3) is 3.55. The molecule has 2 aromatic rings. The maximum absolute atomic E-state index is 12.3. The molecule has 3 N–H and O–H groups in total. The van der Waals surface area contributed by atoms with Gasteiger partial charge in [-0.25, -0.2) is 0 Å². The molecule has 0 aliphatic rings. The van der Waals surface area contributed by atoms with Crippen LogP contribution in [0.1, 0.15) is 28.9 Å². The molecule has 0 aliphatic carbocycles. The van der Waals surface area contributed by atoms with E-state index in [0.29, 0.717) is 15.7 Å². The van der Waals surface area contributed by atoms with Crippen LogP contribution in [-0.2, 0) is 0 Å². The molecule has 5 heteroatoms. The lowest BCUT2D eigenvalue weighted by molar-refractivity contribution is 0.0940. The maximum Gasteiger partial charge on any atom is 0.253 e. The van der Waals surface area contributed by atoms with E-state index < -0.39 is 0 Å². The second-order valence-electron chi connectivity index (χ2n) is 4.67. The third-order valence-electron chi connectivity index (χ3n) is 3.26. The zero-order valence-electron chi connectivity index (χ0n) is 11.9. The van der Waals surface area contributed by atoms with E-state index in [0.717, 1.165) is 11.3 Å². The Bertz CT molecular complexity index is 641. The standard InChI is InChI=1S/C16H17BrN2O2/c1-10(11-6-8-12(21-2)9-7-11)19-16(20)13-4-3-5-14(17)15(13)18/h3-10H,18H2,1-2H3,(H,19,20). The highest BCUT2D eigenvalue weighted by Crippen LogP contribution is 2.24. The molecule has 2 aromatic carbocycles. The van der Waals surface area contributed by atoms with Crippen LogP contribution in [0.3, 0.4) is 0 Å². The average molecular weight is 349 g/mol. The largest absolute Gasteiger partial charge is 0.497 e. The number of nitrogens with two attached hydrogens (primary N) is 1. The molecule has 1 unspecified atom stereocenters. The van der Waals surface area contributed by atoms with Gasteiger partial charge in [0, 0.05) is 4.47 Å². The number of anilines is 1. The van der Waals surface area contributed by atoms with Gasteiger partial charge in [0.25, 0.3) is 5.91 Å². The van der Waals surface area contributed by atoms with Crippen LogP contribution in [0.2, 0.25) is 0 Å². The van der Waals surface area contributed by atoms with E-state index in [-0.39, 0.29) is 11.9 Å². The van der Waals surface area contributed by atoms with Gasteiger partial charge < -0.3 is 15.8 Å². The first-order valence-corrected chi connectivity index (χ1v) is 7.31. The van der Waals surface area contributed by atoms with Crippen LogP contribution < -0.4 is 15.8 Å². The van der Waals surface area contributed by atoms with E-state index >= 15 is 0 Å². The van der Waals surface area contributed by atoms with Crippen LogP contribution in [0.5, 0.6) is 5.75 Å². The Morgan fingerprint density at radius 1 is 1.24 bits per heavy atom. The Hall–Kier alpha value is -2.01. The van der Waals surface area contributed by atoms with Gasteiger partial charge in [0.2, 0.25) is 0 Å². The van der Waals surface area contributed by atoms with Crippen LogP contribution in [0.4, 0.5) is 5.69 Å². The molecule has 0 fully saturated rings. The summed E-state index contributed by atoms with van der Waals surface area (Å²) < 4.78 is 5.83. The first-order chi connectivity index (χ1) is 10.0. The molecule has 0 spiro atoms. The smallest absolute Gasteiger partial charge is 0.253 e. The quantitative estimate of drug-likeness (QED) is 0.830. The van der Waals surface area contributed by atoms with Gasteiger partial charge in [-0.05, 0) is 52.7 Å². The van der Waals surface area contributed by atoms with E-state index in [1.807, 2.05) is 31.2 Å². The lowest BCUT2D eigenvalue weighted by Crippen LogP contribution is -2.27. The number of carbonyl (C=O) groups is 1. The fourth-order valence-electron chi connectivity index (χ4n) is 1.99. The lowest BCUT2D eigenvalue weighted by Gasteiger charge is -2.16. The van der Waals surface area contributed by atoms with Gasteiger partial charge in [0.05, 0.1) is 24.4 Å². The van der Waals surface area contributed by atoms with Crippen molar-refractivity contribution in [1.82, 2.24) is 5.32 Å². The topological polar surface area (TPSA) is 64.3 Å². The number of amides is 1. The minimum Gasteiger partial charge on any atom is -0.497 e. The number of benzene rings is 2. The van der Waals surface area contributed by atoms with E-state index in [1.54, 1.807) is 25.3 Å². The number of nitrogens with one attached hydrogen (secondary N) is 1. The van der Waals surface area contributed by atoms with Crippen molar-refractivity contribution in [2.75, 3.05) is 12.8 Å². The first-order valence-electron chi connectivity index (χ1n) is 6.51. The van der Waals surface area contributed by atoms with Crippen molar-refractivity contribution in [1.29, 1.82) is 0 Å². The van der Waals surface area contributed by atoms with Gasteiger partial charge in [0.15, 0.2) is 0 Å². The Morgan fingerprint density at radius 3 is 2.52 bits per heavy atom. The van der Waals surface area contributed by atoms with Crippen molar-refractivity contribution in [3.8, 4) is 5.75 Å². The SMILES string of the molecule is COc1ccc(C(C)NC(=O)c2cccc(Br)c2N)cc1. The lowest BCUT2D eigenvalue weighted by atomic mass is 10.1. The summed E-state index contributed by atoms with van der Waals surface area (Å²) in [5.74, 6) is 0.589. The summed E-state index contributed by atoms with van der Waals surface area (Å²) in [6, 6.07) is 12.8. The molecule has 4 nitrogen and oxygen atoms in total. The van der Waals surface area contributed by atoms with E-state index in [2.05, 4.69) is 21.2 Å². The van der Waals surface area contributed by atoms with Crippen LogP contribution >= 0.6 is 15.9 Å². The highest BCUT2D eigenvalue weighted by Gasteiger charge is 2.15. The molecule has 0 saturated heterocycles.